The molecule has 0 fully saturated rings. The maximum atomic E-state index is 11.5. The highest BCUT2D eigenvalue weighted by Crippen LogP contribution is 2.18. The van der Waals surface area contributed by atoms with Gasteiger partial charge in [0.1, 0.15) is 0 Å². The van der Waals surface area contributed by atoms with E-state index in [1.54, 1.807) is 0 Å². The fraction of sp³-hybridized carbons (Fsp3) is 1.00. The van der Waals surface area contributed by atoms with E-state index in [0.29, 0.717) is 0 Å². The summed E-state index contributed by atoms with van der Waals surface area (Å²) in [6.45, 7) is -1.39. The largest absolute Gasteiger partial charge is 0.251 e. The van der Waals surface area contributed by atoms with Crippen molar-refractivity contribution in [3.8, 4) is 0 Å². The minimum Gasteiger partial charge on any atom is -0.251 e. The zero-order valence-corrected chi connectivity index (χ0v) is 5.04. The summed E-state index contributed by atoms with van der Waals surface area (Å²) >= 11 is 0. The van der Waals surface area contributed by atoms with Crippen molar-refractivity contribution in [3.05, 3.63) is 0 Å². The number of hydrogen-bond donors (Lipinski definition) is 0. The Morgan fingerprint density at radius 3 is 1.60 bits per heavy atom. The second-order valence-electron chi connectivity index (χ2n) is 1.88. The first-order chi connectivity index (χ1) is 4.57. The van der Waals surface area contributed by atoms with Gasteiger partial charge in [0.25, 0.3) is 0 Å². The Balaban J connectivity index is 3.60. The lowest BCUT2D eigenvalue weighted by molar-refractivity contribution is 0.0167. The average Bonchev–Trinajstić information content (AvgIpc) is 1.81. The number of rotatable bonds is 4. The van der Waals surface area contributed by atoms with Crippen molar-refractivity contribution in [2.45, 2.75) is 19.3 Å². The normalized spacial score (nSPS) is 14.7. The maximum Gasteiger partial charge on any atom is 0.244 e. The minimum absolute atomic E-state index is 1.06. The molecule has 0 aliphatic heterocycles. The predicted molar refractivity (Wildman–Crippen MR) is 26.1 cm³/mol. The number of alkyl halides is 5. The Bertz CT molecular complexity index is 82.1. The number of hydrogen-bond acceptors (Lipinski definition) is 0. The van der Waals surface area contributed by atoms with Crippen LogP contribution in [-0.2, 0) is 0 Å². The van der Waals surface area contributed by atoms with Crippen molar-refractivity contribution in [2.24, 2.45) is 5.92 Å². The molecule has 0 rings (SSSR count). The van der Waals surface area contributed by atoms with Gasteiger partial charge in [-0.05, 0) is 0 Å². The van der Waals surface area contributed by atoms with Crippen molar-refractivity contribution >= 4 is 0 Å². The van der Waals surface area contributed by atoms with Gasteiger partial charge in [-0.25, -0.2) is 17.6 Å². The van der Waals surface area contributed by atoms with Gasteiger partial charge in [-0.15, -0.1) is 0 Å². The zero-order chi connectivity index (χ0) is 8.15. The second kappa shape index (κ2) is 4.46. The molecule has 0 spiro atoms. The summed E-state index contributed by atoms with van der Waals surface area (Å²) in [4.78, 5) is 0. The molecule has 0 aliphatic rings. The highest BCUT2D eigenvalue weighted by molar-refractivity contribution is 4.60. The van der Waals surface area contributed by atoms with E-state index in [9.17, 15) is 22.0 Å². The molecule has 0 amide bonds. The third kappa shape index (κ3) is 3.63. The van der Waals surface area contributed by atoms with Gasteiger partial charge in [0.15, 0.2) is 0 Å². The van der Waals surface area contributed by atoms with Crippen LogP contribution in [0, 0.1) is 5.92 Å². The molecule has 1 atom stereocenters. The Labute approximate surface area is 55.0 Å². The van der Waals surface area contributed by atoms with Crippen LogP contribution >= 0.6 is 0 Å². The van der Waals surface area contributed by atoms with Gasteiger partial charge in [0, 0.05) is 6.42 Å². The van der Waals surface area contributed by atoms with E-state index in [-0.39, 0.29) is 0 Å². The first kappa shape index (κ1) is 9.65. The van der Waals surface area contributed by atoms with Crippen molar-refractivity contribution in [1.82, 2.24) is 0 Å². The van der Waals surface area contributed by atoms with Crippen LogP contribution in [0.5, 0.6) is 0 Å². The summed E-state index contributed by atoms with van der Waals surface area (Å²) in [7, 11) is 0. The quantitative estimate of drug-likeness (QED) is 0.557. The lowest BCUT2D eigenvalue weighted by Crippen LogP contribution is -2.16. The standard InChI is InChI=1S/C5H7F5/c6-2-3(5(9)10)1-4(7)8/h3-5H,1-2H2. The summed E-state index contributed by atoms with van der Waals surface area (Å²) in [5.41, 5.74) is 0. The molecule has 0 aliphatic carbocycles. The van der Waals surface area contributed by atoms with Crippen LogP contribution in [0.4, 0.5) is 22.0 Å². The first-order valence-electron chi connectivity index (χ1n) is 2.70. The fourth-order valence-electron chi connectivity index (χ4n) is 0.462. The SMILES string of the molecule is FCC(CC(F)F)C(F)F. The second-order valence-corrected chi connectivity index (χ2v) is 1.88. The zero-order valence-electron chi connectivity index (χ0n) is 5.04. The molecular formula is C5H7F5. The molecular weight excluding hydrogens is 155 g/mol. The molecule has 0 radical (unpaired) electrons. The monoisotopic (exact) mass is 162 g/mol. The van der Waals surface area contributed by atoms with Crippen molar-refractivity contribution in [3.63, 3.8) is 0 Å². The van der Waals surface area contributed by atoms with Crippen LogP contribution in [-0.4, -0.2) is 19.5 Å². The molecule has 0 aromatic rings. The van der Waals surface area contributed by atoms with Crippen LogP contribution in [0.15, 0.2) is 0 Å². The number of halogens is 5. The van der Waals surface area contributed by atoms with Gasteiger partial charge < -0.3 is 0 Å². The van der Waals surface area contributed by atoms with Crippen LogP contribution in [0.2, 0.25) is 0 Å². The van der Waals surface area contributed by atoms with Gasteiger partial charge in [-0.1, -0.05) is 0 Å². The summed E-state index contributed by atoms with van der Waals surface area (Å²) in [5.74, 6) is -1.81. The molecule has 0 saturated heterocycles. The highest BCUT2D eigenvalue weighted by atomic mass is 19.3. The van der Waals surface area contributed by atoms with Crippen LogP contribution < -0.4 is 0 Å². The third-order valence-corrected chi connectivity index (χ3v) is 1.04. The van der Waals surface area contributed by atoms with Crippen molar-refractivity contribution < 1.29 is 22.0 Å². The molecule has 1 unspecified atom stereocenters. The Morgan fingerprint density at radius 1 is 1.00 bits per heavy atom. The van der Waals surface area contributed by atoms with Gasteiger partial charge in [-0.3, -0.25) is 4.39 Å². The van der Waals surface area contributed by atoms with E-state index < -0.39 is 31.9 Å². The van der Waals surface area contributed by atoms with E-state index in [1.165, 1.54) is 0 Å². The average molecular weight is 162 g/mol. The summed E-state index contributed by atoms with van der Waals surface area (Å²) in [6.07, 6.45) is -6.90. The Morgan fingerprint density at radius 2 is 1.50 bits per heavy atom. The smallest absolute Gasteiger partial charge is 0.244 e. The predicted octanol–water partition coefficient (Wildman–Crippen LogP) is 2.49. The van der Waals surface area contributed by atoms with Gasteiger partial charge >= 0.3 is 0 Å². The molecule has 0 saturated carbocycles. The molecule has 0 nitrogen and oxygen atoms in total. The van der Waals surface area contributed by atoms with E-state index in [1.807, 2.05) is 0 Å². The maximum absolute atomic E-state index is 11.5. The summed E-state index contributed by atoms with van der Waals surface area (Å²) in [5, 5.41) is 0. The molecule has 10 heavy (non-hydrogen) atoms. The van der Waals surface area contributed by atoms with Crippen molar-refractivity contribution in [1.29, 1.82) is 0 Å². The Hall–Kier alpha value is -0.350. The molecule has 0 aromatic heterocycles. The summed E-state index contributed by atoms with van der Waals surface area (Å²) < 4.78 is 57.1. The lowest BCUT2D eigenvalue weighted by Gasteiger charge is -2.09. The summed E-state index contributed by atoms with van der Waals surface area (Å²) in [6, 6.07) is 0. The molecule has 0 heterocycles. The van der Waals surface area contributed by atoms with E-state index >= 15 is 0 Å². The van der Waals surface area contributed by atoms with Crippen molar-refractivity contribution in [2.75, 3.05) is 6.67 Å². The van der Waals surface area contributed by atoms with Gasteiger partial charge in [0.2, 0.25) is 12.9 Å². The van der Waals surface area contributed by atoms with E-state index in [2.05, 4.69) is 0 Å². The van der Waals surface area contributed by atoms with Crippen LogP contribution in [0.3, 0.4) is 0 Å². The molecule has 5 heteroatoms. The molecule has 0 bridgehead atoms. The minimum atomic E-state index is -2.99. The van der Waals surface area contributed by atoms with Crippen LogP contribution in [0.25, 0.3) is 0 Å². The molecule has 0 aromatic carbocycles. The van der Waals surface area contributed by atoms with Crippen LogP contribution in [0.1, 0.15) is 6.42 Å². The van der Waals surface area contributed by atoms with Gasteiger partial charge in [0.05, 0.1) is 12.6 Å². The third-order valence-electron chi connectivity index (χ3n) is 1.04. The lowest BCUT2D eigenvalue weighted by atomic mass is 10.1. The fourth-order valence-corrected chi connectivity index (χ4v) is 0.462. The highest BCUT2D eigenvalue weighted by Gasteiger charge is 2.23. The van der Waals surface area contributed by atoms with Gasteiger partial charge in [-0.2, -0.15) is 0 Å². The van der Waals surface area contributed by atoms with E-state index in [0.717, 1.165) is 0 Å². The molecule has 0 N–H and O–H groups in total. The first-order valence-corrected chi connectivity index (χ1v) is 2.70. The molecule has 62 valence electrons. The van der Waals surface area contributed by atoms with E-state index in [4.69, 9.17) is 0 Å². The topological polar surface area (TPSA) is 0 Å². The Kier molecular flexibility index (Phi) is 4.31.